The molecule has 1 aliphatic rings. The Balaban J connectivity index is 1.94. The van der Waals surface area contributed by atoms with Crippen LogP contribution in [0.15, 0.2) is 12.1 Å². The summed E-state index contributed by atoms with van der Waals surface area (Å²) in [6.45, 7) is 4.75. The molecule has 20 heavy (non-hydrogen) atoms. The molecule has 0 radical (unpaired) electrons. The van der Waals surface area contributed by atoms with Gasteiger partial charge in [0.2, 0.25) is 5.91 Å². The third kappa shape index (κ3) is 3.70. The van der Waals surface area contributed by atoms with Crippen LogP contribution in [-0.2, 0) is 4.79 Å². The summed E-state index contributed by atoms with van der Waals surface area (Å²) in [4.78, 5) is 29.2. The van der Waals surface area contributed by atoms with Gasteiger partial charge in [-0.15, -0.1) is 0 Å². The minimum atomic E-state index is -0.140. The number of nitrogens with one attached hydrogen (secondary N) is 1. The Morgan fingerprint density at radius 1 is 1.35 bits per heavy atom. The van der Waals surface area contributed by atoms with E-state index in [1.807, 2.05) is 0 Å². The number of aromatic nitrogens is 1. The topological polar surface area (TPSA) is 62.3 Å². The molecule has 1 fully saturated rings. The van der Waals surface area contributed by atoms with Crippen molar-refractivity contribution in [3.05, 3.63) is 28.5 Å². The van der Waals surface area contributed by atoms with Crippen LogP contribution in [0.25, 0.3) is 0 Å². The highest BCUT2D eigenvalue weighted by Crippen LogP contribution is 2.13. The standard InChI is InChI=1S/C14H18ClN3O2/c1-9-7-11(8-13(15)16-9)14(20)17-12-3-5-18(6-4-12)10(2)19/h7-8,12H,3-6H2,1-2H3,(H,17,20). The molecular formula is C14H18ClN3O2. The van der Waals surface area contributed by atoms with Gasteiger partial charge < -0.3 is 10.2 Å². The number of aryl methyl sites for hydroxylation is 1. The van der Waals surface area contributed by atoms with Crippen molar-refractivity contribution in [2.75, 3.05) is 13.1 Å². The second-order valence-corrected chi connectivity index (χ2v) is 5.46. The predicted octanol–water partition coefficient (Wildman–Crippen LogP) is 1.78. The number of carbonyl (C=O) groups excluding carboxylic acids is 2. The lowest BCUT2D eigenvalue weighted by Gasteiger charge is -2.31. The zero-order chi connectivity index (χ0) is 14.7. The molecule has 108 valence electrons. The normalized spacial score (nSPS) is 16.1. The van der Waals surface area contributed by atoms with Crippen molar-refractivity contribution in [1.82, 2.24) is 15.2 Å². The number of pyridine rings is 1. The second kappa shape index (κ2) is 6.22. The number of piperidine rings is 1. The summed E-state index contributed by atoms with van der Waals surface area (Å²) in [6, 6.07) is 3.38. The Bertz CT molecular complexity index is 505. The Labute approximate surface area is 123 Å². The van der Waals surface area contributed by atoms with Gasteiger partial charge in [-0.2, -0.15) is 0 Å². The fraction of sp³-hybridized carbons (Fsp3) is 0.500. The van der Waals surface area contributed by atoms with Gasteiger partial charge in [0.05, 0.1) is 0 Å². The molecule has 0 unspecified atom stereocenters. The number of likely N-dealkylation sites (tertiary alicyclic amines) is 1. The van der Waals surface area contributed by atoms with Crippen molar-refractivity contribution < 1.29 is 9.59 Å². The van der Waals surface area contributed by atoms with Crippen LogP contribution in [0.3, 0.4) is 0 Å². The van der Waals surface area contributed by atoms with Gasteiger partial charge in [0.15, 0.2) is 0 Å². The van der Waals surface area contributed by atoms with Crippen molar-refractivity contribution >= 4 is 23.4 Å². The molecule has 2 rings (SSSR count). The van der Waals surface area contributed by atoms with Gasteiger partial charge in [-0.3, -0.25) is 9.59 Å². The lowest BCUT2D eigenvalue weighted by Crippen LogP contribution is -2.46. The van der Waals surface area contributed by atoms with Crippen molar-refractivity contribution in [3.63, 3.8) is 0 Å². The quantitative estimate of drug-likeness (QED) is 0.846. The Morgan fingerprint density at radius 2 is 2.00 bits per heavy atom. The molecule has 1 saturated heterocycles. The van der Waals surface area contributed by atoms with Crippen molar-refractivity contribution in [3.8, 4) is 0 Å². The first-order valence-electron chi connectivity index (χ1n) is 6.66. The predicted molar refractivity (Wildman–Crippen MR) is 76.7 cm³/mol. The van der Waals surface area contributed by atoms with E-state index in [2.05, 4.69) is 10.3 Å². The maximum Gasteiger partial charge on any atom is 0.251 e. The van der Waals surface area contributed by atoms with Crippen molar-refractivity contribution in [2.45, 2.75) is 32.7 Å². The van der Waals surface area contributed by atoms with E-state index in [9.17, 15) is 9.59 Å². The SMILES string of the molecule is CC(=O)N1CCC(NC(=O)c2cc(C)nc(Cl)c2)CC1. The van der Waals surface area contributed by atoms with Crippen LogP contribution in [-0.4, -0.2) is 40.8 Å². The molecule has 0 aliphatic carbocycles. The third-order valence-electron chi connectivity index (χ3n) is 3.46. The summed E-state index contributed by atoms with van der Waals surface area (Å²) in [7, 11) is 0. The molecule has 0 bridgehead atoms. The highest BCUT2D eigenvalue weighted by Gasteiger charge is 2.22. The van der Waals surface area contributed by atoms with E-state index < -0.39 is 0 Å². The molecule has 1 N–H and O–H groups in total. The molecule has 1 aliphatic heterocycles. The summed E-state index contributed by atoms with van der Waals surface area (Å²) in [5.41, 5.74) is 1.24. The van der Waals surface area contributed by atoms with Gasteiger partial charge in [-0.25, -0.2) is 4.98 Å². The lowest BCUT2D eigenvalue weighted by atomic mass is 10.0. The van der Waals surface area contributed by atoms with E-state index in [-0.39, 0.29) is 17.9 Å². The highest BCUT2D eigenvalue weighted by atomic mass is 35.5. The fourth-order valence-corrected chi connectivity index (χ4v) is 2.62. The summed E-state index contributed by atoms with van der Waals surface area (Å²) in [5, 5.41) is 3.31. The molecule has 1 aromatic rings. The van der Waals surface area contributed by atoms with Gasteiger partial charge >= 0.3 is 0 Å². The molecule has 0 saturated carbocycles. The Hall–Kier alpha value is -1.62. The van der Waals surface area contributed by atoms with Crippen LogP contribution in [0, 0.1) is 6.92 Å². The molecule has 5 nitrogen and oxygen atoms in total. The maximum atomic E-state index is 12.2. The first-order chi connectivity index (χ1) is 9.45. The van der Waals surface area contributed by atoms with Gasteiger partial charge in [0.1, 0.15) is 5.15 Å². The zero-order valence-corrected chi connectivity index (χ0v) is 12.4. The Morgan fingerprint density at radius 3 is 2.55 bits per heavy atom. The van der Waals surface area contributed by atoms with E-state index in [0.29, 0.717) is 29.5 Å². The third-order valence-corrected chi connectivity index (χ3v) is 3.65. The summed E-state index contributed by atoms with van der Waals surface area (Å²) in [6.07, 6.45) is 1.56. The van der Waals surface area contributed by atoms with Crippen LogP contribution < -0.4 is 5.32 Å². The van der Waals surface area contributed by atoms with Crippen LogP contribution in [0.1, 0.15) is 35.8 Å². The number of halogens is 1. The molecule has 2 heterocycles. The molecule has 2 amide bonds. The number of nitrogens with zero attached hydrogens (tertiary/aromatic N) is 2. The molecule has 0 atom stereocenters. The van der Waals surface area contributed by atoms with Gasteiger partial charge in [0.25, 0.3) is 5.91 Å². The van der Waals surface area contributed by atoms with Crippen LogP contribution in [0.5, 0.6) is 0 Å². The Kier molecular flexibility index (Phi) is 4.60. The average Bonchev–Trinajstić information content (AvgIpc) is 2.38. The summed E-state index contributed by atoms with van der Waals surface area (Å²) in [5.74, 6) is -0.0509. The van der Waals surface area contributed by atoms with Gasteiger partial charge in [0, 0.05) is 37.3 Å². The van der Waals surface area contributed by atoms with Crippen LogP contribution in [0.2, 0.25) is 5.15 Å². The molecule has 1 aromatic heterocycles. The van der Waals surface area contributed by atoms with Crippen LogP contribution >= 0.6 is 11.6 Å². The second-order valence-electron chi connectivity index (χ2n) is 5.07. The minimum absolute atomic E-state index is 0.0892. The maximum absolute atomic E-state index is 12.2. The van der Waals surface area contributed by atoms with E-state index in [4.69, 9.17) is 11.6 Å². The van der Waals surface area contributed by atoms with E-state index in [1.54, 1.807) is 30.9 Å². The summed E-state index contributed by atoms with van der Waals surface area (Å²) >= 11 is 5.86. The van der Waals surface area contributed by atoms with Crippen molar-refractivity contribution in [1.29, 1.82) is 0 Å². The van der Waals surface area contributed by atoms with Gasteiger partial charge in [-0.05, 0) is 31.9 Å². The number of amides is 2. The number of carbonyl (C=O) groups is 2. The number of hydrogen-bond acceptors (Lipinski definition) is 3. The van der Waals surface area contributed by atoms with Crippen LogP contribution in [0.4, 0.5) is 0 Å². The van der Waals surface area contributed by atoms with E-state index >= 15 is 0 Å². The zero-order valence-electron chi connectivity index (χ0n) is 11.6. The molecule has 0 aromatic carbocycles. The first-order valence-corrected chi connectivity index (χ1v) is 7.04. The molecule has 6 heteroatoms. The highest BCUT2D eigenvalue weighted by molar-refractivity contribution is 6.29. The van der Waals surface area contributed by atoms with E-state index in [1.165, 1.54) is 0 Å². The lowest BCUT2D eigenvalue weighted by molar-refractivity contribution is -0.129. The first kappa shape index (κ1) is 14.8. The van der Waals surface area contributed by atoms with E-state index in [0.717, 1.165) is 12.8 Å². The number of hydrogen-bond donors (Lipinski definition) is 1. The monoisotopic (exact) mass is 295 g/mol. The molecule has 0 spiro atoms. The van der Waals surface area contributed by atoms with Gasteiger partial charge in [-0.1, -0.05) is 11.6 Å². The molecular weight excluding hydrogens is 278 g/mol. The summed E-state index contributed by atoms with van der Waals surface area (Å²) < 4.78 is 0. The smallest absolute Gasteiger partial charge is 0.251 e. The number of rotatable bonds is 2. The minimum Gasteiger partial charge on any atom is -0.349 e. The van der Waals surface area contributed by atoms with Crippen molar-refractivity contribution in [2.24, 2.45) is 0 Å². The largest absolute Gasteiger partial charge is 0.349 e. The fourth-order valence-electron chi connectivity index (χ4n) is 2.37. The average molecular weight is 296 g/mol.